The van der Waals surface area contributed by atoms with E-state index in [-0.39, 0.29) is 16.8 Å². The number of nitro groups is 1. The summed E-state index contributed by atoms with van der Waals surface area (Å²) in [6, 6.07) is 0.620. The van der Waals surface area contributed by atoms with Gasteiger partial charge in [-0.3, -0.25) is 14.9 Å². The van der Waals surface area contributed by atoms with Gasteiger partial charge in [-0.05, 0) is 62.3 Å². The number of thioether (sulfide) groups is 1. The van der Waals surface area contributed by atoms with Crippen LogP contribution in [0.25, 0.3) is 0 Å². The van der Waals surface area contributed by atoms with E-state index in [9.17, 15) is 14.9 Å². The molecule has 1 N–H and O–H groups in total. The lowest BCUT2D eigenvalue weighted by molar-refractivity contribution is -0.562. The van der Waals surface area contributed by atoms with Crippen LogP contribution >= 0.6 is 11.8 Å². The molecule has 7 nitrogen and oxygen atoms in total. The molecule has 0 aromatic rings. The molecule has 2 heterocycles. The van der Waals surface area contributed by atoms with Crippen molar-refractivity contribution in [3.63, 3.8) is 0 Å². The van der Waals surface area contributed by atoms with Crippen LogP contribution in [0.4, 0.5) is 0 Å². The summed E-state index contributed by atoms with van der Waals surface area (Å²) in [6.07, 6.45) is 27.8. The van der Waals surface area contributed by atoms with Crippen molar-refractivity contribution in [2.45, 2.75) is 128 Å². The number of likely N-dealkylation sites (tertiary alicyclic amines) is 1. The molecule has 5 atom stereocenters. The Kier molecular flexibility index (Phi) is 11.9. The summed E-state index contributed by atoms with van der Waals surface area (Å²) in [4.78, 5) is 24.9. The zero-order chi connectivity index (χ0) is 30.1. The second-order valence-electron chi connectivity index (χ2n) is 13.1. The van der Waals surface area contributed by atoms with E-state index in [0.717, 1.165) is 51.6 Å². The molecule has 0 spiro atoms. The molecule has 3 fully saturated rings. The molecule has 4 rings (SSSR count). The largest absolute Gasteiger partial charge is 0.481 e. The van der Waals surface area contributed by atoms with Crippen molar-refractivity contribution in [2.75, 3.05) is 13.1 Å². The number of hydrogen-bond donors (Lipinski definition) is 1. The quantitative estimate of drug-likeness (QED) is 0.0728. The SMILES string of the molecule is CCCCN1/C(=C/C=C/C=C/C=C/C2=[N+](CCCCCC(=O)O)C3CCCCC3S2)C(C)(C)C2CC([N+](=O)[O-])CCC21. The Morgan fingerprint density at radius 1 is 1.07 bits per heavy atom. The Morgan fingerprint density at radius 2 is 1.83 bits per heavy atom. The minimum absolute atomic E-state index is 0.0550. The average Bonchev–Trinajstić information content (AvgIpc) is 3.41. The summed E-state index contributed by atoms with van der Waals surface area (Å²) >= 11 is 2.03. The number of carbonyl (C=O) groups is 1. The molecule has 0 radical (unpaired) electrons. The van der Waals surface area contributed by atoms with E-state index in [0.29, 0.717) is 36.1 Å². The van der Waals surface area contributed by atoms with Crippen LogP contribution in [0.3, 0.4) is 0 Å². The van der Waals surface area contributed by atoms with Crippen LogP contribution in [0.2, 0.25) is 0 Å². The van der Waals surface area contributed by atoms with Gasteiger partial charge in [0.25, 0.3) is 0 Å². The highest BCUT2D eigenvalue weighted by Crippen LogP contribution is 2.53. The molecule has 232 valence electrons. The van der Waals surface area contributed by atoms with Crippen LogP contribution < -0.4 is 0 Å². The van der Waals surface area contributed by atoms with Gasteiger partial charge in [0.05, 0.1) is 5.25 Å². The number of carboxylic acids is 1. The monoisotopic (exact) mass is 598 g/mol. The van der Waals surface area contributed by atoms with Crippen molar-refractivity contribution in [2.24, 2.45) is 11.3 Å². The molecule has 0 bridgehead atoms. The van der Waals surface area contributed by atoms with Gasteiger partial charge in [-0.2, -0.15) is 0 Å². The van der Waals surface area contributed by atoms with E-state index in [2.05, 4.69) is 72.8 Å². The fraction of sp³-hybridized carbons (Fsp3) is 0.706. The van der Waals surface area contributed by atoms with Crippen molar-refractivity contribution in [3.05, 3.63) is 58.3 Å². The van der Waals surface area contributed by atoms with Crippen LogP contribution in [0.15, 0.2) is 48.2 Å². The lowest BCUT2D eigenvalue weighted by Crippen LogP contribution is -2.41. The summed E-state index contributed by atoms with van der Waals surface area (Å²) in [5.74, 6) is -0.378. The molecule has 2 aliphatic carbocycles. The van der Waals surface area contributed by atoms with Gasteiger partial charge in [0, 0.05) is 66.8 Å². The number of nitrogens with zero attached hydrogens (tertiary/aromatic N) is 3. The van der Waals surface area contributed by atoms with Crippen molar-refractivity contribution >= 4 is 22.8 Å². The average molecular weight is 599 g/mol. The van der Waals surface area contributed by atoms with Crippen LogP contribution in [0.5, 0.6) is 0 Å². The lowest BCUT2D eigenvalue weighted by Gasteiger charge is -2.35. The predicted octanol–water partition coefficient (Wildman–Crippen LogP) is 7.61. The number of aliphatic carboxylic acids is 1. The first-order chi connectivity index (χ1) is 20.2. The summed E-state index contributed by atoms with van der Waals surface area (Å²) in [5, 5.41) is 22.5. The van der Waals surface area contributed by atoms with Crippen LogP contribution in [0.1, 0.15) is 104 Å². The molecule has 0 aromatic heterocycles. The molecular weight excluding hydrogens is 546 g/mol. The minimum atomic E-state index is -0.698. The maximum Gasteiger partial charge on any atom is 0.303 e. The van der Waals surface area contributed by atoms with Crippen LogP contribution in [-0.4, -0.2) is 67.0 Å². The molecular formula is C34H52N3O4S+. The first-order valence-electron chi connectivity index (χ1n) is 16.4. The number of rotatable bonds is 14. The van der Waals surface area contributed by atoms with Crippen molar-refractivity contribution < 1.29 is 19.4 Å². The zero-order valence-electron chi connectivity index (χ0n) is 26.0. The Balaban J connectivity index is 1.40. The maximum absolute atomic E-state index is 11.6. The minimum Gasteiger partial charge on any atom is -0.481 e. The van der Waals surface area contributed by atoms with Gasteiger partial charge in [0.1, 0.15) is 6.54 Å². The molecule has 2 saturated carbocycles. The fourth-order valence-corrected chi connectivity index (χ4v) is 9.27. The molecule has 1 saturated heterocycles. The highest BCUT2D eigenvalue weighted by atomic mass is 32.2. The van der Waals surface area contributed by atoms with Crippen molar-refractivity contribution in [3.8, 4) is 0 Å². The van der Waals surface area contributed by atoms with Gasteiger partial charge in [0.15, 0.2) is 6.04 Å². The molecule has 42 heavy (non-hydrogen) atoms. The topological polar surface area (TPSA) is 86.7 Å². The molecule has 8 heteroatoms. The van der Waals surface area contributed by atoms with Gasteiger partial charge < -0.3 is 10.0 Å². The smallest absolute Gasteiger partial charge is 0.303 e. The number of allylic oxidation sites excluding steroid dienone is 7. The first-order valence-corrected chi connectivity index (χ1v) is 17.3. The third kappa shape index (κ3) is 7.97. The van der Waals surface area contributed by atoms with E-state index >= 15 is 0 Å². The molecule has 2 aliphatic heterocycles. The van der Waals surface area contributed by atoms with Gasteiger partial charge in [-0.1, -0.05) is 64.0 Å². The normalized spacial score (nSPS) is 30.2. The Labute approximate surface area is 257 Å². The molecule has 0 amide bonds. The maximum atomic E-state index is 11.6. The molecule has 5 unspecified atom stereocenters. The van der Waals surface area contributed by atoms with E-state index in [1.807, 2.05) is 11.8 Å². The van der Waals surface area contributed by atoms with Crippen LogP contribution in [-0.2, 0) is 4.79 Å². The third-order valence-electron chi connectivity index (χ3n) is 9.98. The second kappa shape index (κ2) is 15.4. The van der Waals surface area contributed by atoms with Gasteiger partial charge in [-0.15, -0.1) is 0 Å². The molecule has 0 aromatic carbocycles. The molecule has 4 aliphatic rings. The summed E-state index contributed by atoms with van der Waals surface area (Å²) in [5.41, 5.74) is 1.25. The van der Waals surface area contributed by atoms with Gasteiger partial charge >= 0.3 is 5.97 Å². The lowest BCUT2D eigenvalue weighted by atomic mass is 9.69. The number of carboxylic acid groups (broad SMARTS) is 1. The highest BCUT2D eigenvalue weighted by Gasteiger charge is 2.53. The van der Waals surface area contributed by atoms with E-state index in [1.165, 1.54) is 36.4 Å². The Hall–Kier alpha value is -2.35. The van der Waals surface area contributed by atoms with E-state index in [1.54, 1.807) is 0 Å². The van der Waals surface area contributed by atoms with Crippen molar-refractivity contribution in [1.29, 1.82) is 0 Å². The Bertz CT molecular complexity index is 1110. The van der Waals surface area contributed by atoms with Crippen molar-refractivity contribution in [1.82, 2.24) is 4.90 Å². The summed E-state index contributed by atoms with van der Waals surface area (Å²) in [7, 11) is 0. The van der Waals surface area contributed by atoms with E-state index < -0.39 is 12.0 Å². The van der Waals surface area contributed by atoms with Gasteiger partial charge in [0.2, 0.25) is 11.1 Å². The summed E-state index contributed by atoms with van der Waals surface area (Å²) < 4.78 is 2.59. The highest BCUT2D eigenvalue weighted by molar-refractivity contribution is 8.14. The number of fused-ring (bicyclic) bond motifs is 2. The third-order valence-corrected chi connectivity index (χ3v) is 11.4. The fourth-order valence-electron chi connectivity index (χ4n) is 7.72. The number of hydrogen-bond acceptors (Lipinski definition) is 5. The zero-order valence-corrected chi connectivity index (χ0v) is 26.8. The van der Waals surface area contributed by atoms with E-state index in [4.69, 9.17) is 5.11 Å². The van der Waals surface area contributed by atoms with Crippen LogP contribution in [0, 0.1) is 21.4 Å². The number of unbranched alkanes of at least 4 members (excludes halogenated alkanes) is 3. The van der Waals surface area contributed by atoms with Gasteiger partial charge in [-0.25, -0.2) is 4.58 Å². The first kappa shape index (κ1) is 32.6. The predicted molar refractivity (Wildman–Crippen MR) is 173 cm³/mol. The Morgan fingerprint density at radius 3 is 2.60 bits per heavy atom. The standard InChI is InChI=1S/C34H51N3O4S/c1-4-5-23-35-28-22-21-26(37(40)41)25-27(28)34(2,3)31(35)18-10-7-6-8-11-19-32-36(24-15-9-12-20-33(38)39)29-16-13-14-17-30(29)42-32/h6-8,10-11,18-19,26-30H,4-5,9,12-17,20-25H2,1-3H3/p+1. The second-order valence-corrected chi connectivity index (χ2v) is 14.4. The summed E-state index contributed by atoms with van der Waals surface area (Å²) in [6.45, 7) is 8.82.